The molecule has 9 heavy (non-hydrogen) atoms. The molecule has 0 aliphatic rings. The highest BCUT2D eigenvalue weighted by Crippen LogP contribution is 2.19. The van der Waals surface area contributed by atoms with Crippen molar-refractivity contribution in [3.05, 3.63) is 0 Å². The van der Waals surface area contributed by atoms with Gasteiger partial charge in [0.1, 0.15) is 0 Å². The standard InChI is InChI=1S/C3H6Cl3NSi2/c4-9(5,6)8-3-1-2-7/h1,3,8H2. The summed E-state index contributed by atoms with van der Waals surface area (Å²) in [6, 6.07) is 2.87. The summed E-state index contributed by atoms with van der Waals surface area (Å²) >= 11 is 16.8. The third-order valence-corrected chi connectivity index (χ3v) is 9.89. The van der Waals surface area contributed by atoms with Crippen LogP contribution in [0.5, 0.6) is 0 Å². The van der Waals surface area contributed by atoms with Crippen LogP contribution in [0.15, 0.2) is 0 Å². The molecule has 0 N–H and O–H groups in total. The number of hydrogen-bond donors (Lipinski definition) is 0. The van der Waals surface area contributed by atoms with Gasteiger partial charge in [0, 0.05) is 6.42 Å². The highest BCUT2D eigenvalue weighted by Gasteiger charge is 2.23. The van der Waals surface area contributed by atoms with Gasteiger partial charge in [-0.2, -0.15) is 5.26 Å². The van der Waals surface area contributed by atoms with Crippen LogP contribution in [0.2, 0.25) is 6.04 Å². The molecular weight excluding hydrogens is 213 g/mol. The summed E-state index contributed by atoms with van der Waals surface area (Å²) in [5.74, 6) is 0. The second kappa shape index (κ2) is 4.58. The SMILES string of the molecule is N#CCC[SiH2][Si](Cl)(Cl)Cl. The Balaban J connectivity index is 3.20. The Morgan fingerprint density at radius 2 is 2.00 bits per heavy atom. The molecule has 0 rings (SSSR count). The molecule has 0 heterocycles. The van der Waals surface area contributed by atoms with Crippen molar-refractivity contribution in [3.8, 4) is 6.07 Å². The summed E-state index contributed by atoms with van der Waals surface area (Å²) in [4.78, 5) is 0. The van der Waals surface area contributed by atoms with Gasteiger partial charge < -0.3 is 0 Å². The van der Waals surface area contributed by atoms with Gasteiger partial charge >= 0.3 is 5.52 Å². The summed E-state index contributed by atoms with van der Waals surface area (Å²) in [5, 5.41) is 8.12. The topological polar surface area (TPSA) is 23.8 Å². The molecule has 0 atom stereocenters. The molecule has 0 aromatic carbocycles. The molecule has 0 aromatic rings. The van der Waals surface area contributed by atoms with Crippen molar-refractivity contribution in [2.24, 2.45) is 0 Å². The number of nitrogens with zero attached hydrogens (tertiary/aromatic N) is 1. The fraction of sp³-hybridized carbons (Fsp3) is 0.667. The van der Waals surface area contributed by atoms with E-state index in [1.807, 2.05) is 6.07 Å². The first-order chi connectivity index (χ1) is 4.06. The van der Waals surface area contributed by atoms with E-state index in [2.05, 4.69) is 0 Å². The first-order valence-corrected chi connectivity index (χ1v) is 10.9. The Bertz CT molecular complexity index is 115. The van der Waals surface area contributed by atoms with E-state index < -0.39 is 14.6 Å². The first kappa shape index (κ1) is 9.79. The van der Waals surface area contributed by atoms with Gasteiger partial charge in [-0.15, -0.1) is 33.2 Å². The summed E-state index contributed by atoms with van der Waals surface area (Å²) < 4.78 is 0. The van der Waals surface area contributed by atoms with E-state index in [9.17, 15) is 0 Å². The minimum Gasteiger partial charge on any atom is -0.198 e. The van der Waals surface area contributed by atoms with Crippen LogP contribution in [0.4, 0.5) is 0 Å². The predicted octanol–water partition coefficient (Wildman–Crippen LogP) is 1.64. The summed E-state index contributed by atoms with van der Waals surface area (Å²) in [6.45, 7) is 0. The molecule has 0 bridgehead atoms. The van der Waals surface area contributed by atoms with Crippen molar-refractivity contribution in [3.63, 3.8) is 0 Å². The van der Waals surface area contributed by atoms with E-state index in [-0.39, 0.29) is 0 Å². The lowest BCUT2D eigenvalue weighted by Gasteiger charge is -2.02. The van der Waals surface area contributed by atoms with Crippen molar-refractivity contribution in [1.29, 1.82) is 5.26 Å². The summed E-state index contributed by atoms with van der Waals surface area (Å²) in [6.07, 6.45) is 0.549. The van der Waals surface area contributed by atoms with Crippen LogP contribution < -0.4 is 0 Å². The molecule has 0 spiro atoms. The van der Waals surface area contributed by atoms with Gasteiger partial charge in [-0.1, -0.05) is 0 Å². The van der Waals surface area contributed by atoms with E-state index in [0.717, 1.165) is 6.04 Å². The smallest absolute Gasteiger partial charge is 0.198 e. The minimum atomic E-state index is -2.29. The highest BCUT2D eigenvalue weighted by molar-refractivity contribution is 7.82. The zero-order valence-corrected chi connectivity index (χ0v) is 9.38. The van der Waals surface area contributed by atoms with Crippen LogP contribution in [0.25, 0.3) is 0 Å². The number of hydrogen-bond acceptors (Lipinski definition) is 1. The second-order valence-corrected chi connectivity index (χ2v) is 20.3. The molecular formula is C3H6Cl3NSi2. The molecule has 0 aliphatic carbocycles. The van der Waals surface area contributed by atoms with Crippen LogP contribution in [-0.4, -0.2) is 14.6 Å². The van der Waals surface area contributed by atoms with E-state index in [1.54, 1.807) is 0 Å². The summed E-state index contributed by atoms with van der Waals surface area (Å²) in [5.41, 5.74) is -2.29. The molecule has 0 radical (unpaired) electrons. The van der Waals surface area contributed by atoms with Gasteiger partial charge in [0.25, 0.3) is 0 Å². The molecule has 1 nitrogen and oxygen atoms in total. The van der Waals surface area contributed by atoms with Crippen molar-refractivity contribution in [2.75, 3.05) is 0 Å². The average molecular weight is 219 g/mol. The zero-order chi connectivity index (χ0) is 7.33. The lowest BCUT2D eigenvalue weighted by molar-refractivity contribution is 1.21. The third-order valence-electron chi connectivity index (χ3n) is 0.749. The summed E-state index contributed by atoms with van der Waals surface area (Å²) in [7, 11) is -0.549. The lowest BCUT2D eigenvalue weighted by atomic mass is 10.6. The van der Waals surface area contributed by atoms with Crippen molar-refractivity contribution in [1.82, 2.24) is 0 Å². The number of rotatable bonds is 3. The van der Waals surface area contributed by atoms with Crippen LogP contribution in [0.3, 0.4) is 0 Å². The molecule has 0 saturated heterocycles. The maximum Gasteiger partial charge on any atom is 0.317 e. The quantitative estimate of drug-likeness (QED) is 0.401. The van der Waals surface area contributed by atoms with Gasteiger partial charge in [0.15, 0.2) is 0 Å². The Morgan fingerprint density at radius 3 is 2.33 bits per heavy atom. The minimum absolute atomic E-state index is 0.549. The Morgan fingerprint density at radius 1 is 1.44 bits per heavy atom. The molecule has 52 valence electrons. The third kappa shape index (κ3) is 8.79. The van der Waals surface area contributed by atoms with Crippen LogP contribution >= 0.6 is 33.2 Å². The van der Waals surface area contributed by atoms with E-state index in [1.165, 1.54) is 0 Å². The number of nitriles is 1. The van der Waals surface area contributed by atoms with E-state index in [0.29, 0.717) is 6.42 Å². The van der Waals surface area contributed by atoms with Crippen molar-refractivity contribution >= 4 is 47.8 Å². The molecule has 0 saturated carbocycles. The molecule has 0 fully saturated rings. The van der Waals surface area contributed by atoms with Gasteiger partial charge in [-0.05, 0) is 6.04 Å². The van der Waals surface area contributed by atoms with Gasteiger partial charge in [0.05, 0.1) is 15.1 Å². The maximum atomic E-state index is 8.12. The van der Waals surface area contributed by atoms with Crippen LogP contribution in [-0.2, 0) is 0 Å². The molecule has 0 aliphatic heterocycles. The fourth-order valence-electron chi connectivity index (χ4n) is 0.368. The fourth-order valence-corrected chi connectivity index (χ4v) is 6.44. The largest absolute Gasteiger partial charge is 0.317 e. The molecule has 0 aromatic heterocycles. The normalized spacial score (nSPS) is 12.2. The average Bonchev–Trinajstić information content (AvgIpc) is 1.63. The van der Waals surface area contributed by atoms with Crippen molar-refractivity contribution in [2.45, 2.75) is 12.5 Å². The highest BCUT2D eigenvalue weighted by atomic mass is 35.8. The maximum absolute atomic E-state index is 8.12. The lowest BCUT2D eigenvalue weighted by Crippen LogP contribution is -2.20. The van der Waals surface area contributed by atoms with E-state index in [4.69, 9.17) is 38.5 Å². The first-order valence-electron chi connectivity index (χ1n) is 2.50. The van der Waals surface area contributed by atoms with Gasteiger partial charge in [0.2, 0.25) is 0 Å². The Kier molecular flexibility index (Phi) is 4.99. The van der Waals surface area contributed by atoms with Gasteiger partial charge in [-0.3, -0.25) is 0 Å². The van der Waals surface area contributed by atoms with Crippen LogP contribution in [0, 0.1) is 11.3 Å². The Labute approximate surface area is 71.6 Å². The Hall–Kier alpha value is 0.794. The predicted molar refractivity (Wildman–Crippen MR) is 46.9 cm³/mol. The molecule has 0 unspecified atom stereocenters. The monoisotopic (exact) mass is 217 g/mol. The molecule has 6 heteroatoms. The van der Waals surface area contributed by atoms with Gasteiger partial charge in [-0.25, -0.2) is 0 Å². The second-order valence-electron chi connectivity index (χ2n) is 1.63. The molecule has 0 amide bonds. The van der Waals surface area contributed by atoms with Crippen LogP contribution in [0.1, 0.15) is 6.42 Å². The van der Waals surface area contributed by atoms with E-state index >= 15 is 0 Å². The number of halogens is 3. The van der Waals surface area contributed by atoms with Crippen molar-refractivity contribution < 1.29 is 0 Å². The zero-order valence-electron chi connectivity index (χ0n) is 4.70.